The molecular formula is C20H19ClN4O. The molecule has 0 aliphatic rings. The molecule has 1 aromatic heterocycles. The molecule has 26 heavy (non-hydrogen) atoms. The van der Waals surface area contributed by atoms with Crippen LogP contribution in [0.3, 0.4) is 0 Å². The van der Waals surface area contributed by atoms with E-state index in [2.05, 4.69) is 20.6 Å². The lowest BCUT2D eigenvalue weighted by atomic mass is 10.1. The first-order chi connectivity index (χ1) is 12.4. The Morgan fingerprint density at radius 2 is 1.73 bits per heavy atom. The van der Waals surface area contributed by atoms with Crippen LogP contribution in [0.25, 0.3) is 0 Å². The van der Waals surface area contributed by atoms with Crippen LogP contribution in [0, 0.1) is 13.8 Å². The van der Waals surface area contributed by atoms with Crippen molar-refractivity contribution in [3.05, 3.63) is 70.4 Å². The lowest BCUT2D eigenvalue weighted by Crippen LogP contribution is -2.03. The molecule has 5 nitrogen and oxygen atoms in total. The van der Waals surface area contributed by atoms with Gasteiger partial charge in [0.25, 0.3) is 0 Å². The predicted molar refractivity (Wildman–Crippen MR) is 106 cm³/mol. The Hall–Kier alpha value is -2.92. The van der Waals surface area contributed by atoms with Gasteiger partial charge in [-0.1, -0.05) is 29.8 Å². The van der Waals surface area contributed by atoms with Crippen LogP contribution < -0.4 is 10.6 Å². The van der Waals surface area contributed by atoms with Crippen molar-refractivity contribution >= 4 is 40.5 Å². The normalized spacial score (nSPS) is 10.5. The van der Waals surface area contributed by atoms with Crippen molar-refractivity contribution in [1.82, 2.24) is 9.97 Å². The summed E-state index contributed by atoms with van der Waals surface area (Å²) in [5, 5.41) is 7.08. The number of ketones is 1. The second kappa shape index (κ2) is 7.54. The zero-order valence-electron chi connectivity index (χ0n) is 14.8. The molecule has 0 saturated heterocycles. The fraction of sp³-hybridized carbons (Fsp3) is 0.150. The lowest BCUT2D eigenvalue weighted by Gasteiger charge is -2.11. The van der Waals surface area contributed by atoms with Gasteiger partial charge in [-0.15, -0.1) is 0 Å². The molecule has 0 amide bonds. The van der Waals surface area contributed by atoms with Crippen molar-refractivity contribution in [1.29, 1.82) is 0 Å². The van der Waals surface area contributed by atoms with E-state index in [1.165, 1.54) is 6.92 Å². The zero-order valence-corrected chi connectivity index (χ0v) is 15.6. The van der Waals surface area contributed by atoms with Gasteiger partial charge in [0.1, 0.15) is 5.82 Å². The molecule has 0 bridgehead atoms. The number of aromatic nitrogens is 2. The maximum absolute atomic E-state index is 11.5. The minimum absolute atomic E-state index is 0.0115. The average Bonchev–Trinajstić information content (AvgIpc) is 2.58. The third-order valence-corrected chi connectivity index (χ3v) is 4.23. The summed E-state index contributed by atoms with van der Waals surface area (Å²) in [6.45, 7) is 5.39. The number of hydrogen-bond donors (Lipinski definition) is 2. The van der Waals surface area contributed by atoms with Gasteiger partial charge in [0.15, 0.2) is 5.78 Å². The van der Waals surface area contributed by atoms with Crippen molar-refractivity contribution in [2.45, 2.75) is 20.8 Å². The summed E-state index contributed by atoms with van der Waals surface area (Å²) in [7, 11) is 0. The van der Waals surface area contributed by atoms with Gasteiger partial charge in [-0.05, 0) is 50.6 Å². The zero-order chi connectivity index (χ0) is 18.7. The molecule has 0 aliphatic carbocycles. The molecule has 132 valence electrons. The Labute approximate surface area is 157 Å². The van der Waals surface area contributed by atoms with E-state index < -0.39 is 0 Å². The summed E-state index contributed by atoms with van der Waals surface area (Å²) in [6.07, 6.45) is 0. The van der Waals surface area contributed by atoms with E-state index in [0.29, 0.717) is 22.4 Å². The number of nitrogens with one attached hydrogen (secondary N) is 2. The highest BCUT2D eigenvalue weighted by molar-refractivity contribution is 6.31. The van der Waals surface area contributed by atoms with Crippen molar-refractivity contribution in [2.24, 2.45) is 0 Å². The van der Waals surface area contributed by atoms with Gasteiger partial charge < -0.3 is 10.6 Å². The number of benzene rings is 2. The molecular weight excluding hydrogens is 348 g/mol. The summed E-state index contributed by atoms with van der Waals surface area (Å²) in [6, 6.07) is 14.9. The highest BCUT2D eigenvalue weighted by atomic mass is 35.5. The number of aryl methyl sites for hydroxylation is 2. The van der Waals surface area contributed by atoms with Gasteiger partial charge in [0, 0.05) is 33.7 Å². The number of Topliss-reactive ketones (excluding diaryl/α,β-unsaturated/α-hetero) is 1. The summed E-state index contributed by atoms with van der Waals surface area (Å²) in [5.41, 5.74) is 4.07. The maximum Gasteiger partial charge on any atom is 0.229 e. The molecule has 0 atom stereocenters. The smallest absolute Gasteiger partial charge is 0.229 e. The first-order valence-corrected chi connectivity index (χ1v) is 8.55. The second-order valence-electron chi connectivity index (χ2n) is 6.07. The van der Waals surface area contributed by atoms with Gasteiger partial charge >= 0.3 is 0 Å². The van der Waals surface area contributed by atoms with Gasteiger partial charge in [-0.25, -0.2) is 4.98 Å². The third kappa shape index (κ3) is 4.37. The number of rotatable bonds is 5. The van der Waals surface area contributed by atoms with E-state index in [-0.39, 0.29) is 5.78 Å². The fourth-order valence-electron chi connectivity index (χ4n) is 2.45. The Morgan fingerprint density at radius 1 is 0.962 bits per heavy atom. The molecule has 0 unspecified atom stereocenters. The summed E-state index contributed by atoms with van der Waals surface area (Å²) in [4.78, 5) is 20.4. The van der Waals surface area contributed by atoms with Gasteiger partial charge in [0.2, 0.25) is 5.95 Å². The van der Waals surface area contributed by atoms with Crippen molar-refractivity contribution < 1.29 is 4.79 Å². The van der Waals surface area contributed by atoms with Crippen molar-refractivity contribution in [2.75, 3.05) is 10.6 Å². The van der Waals surface area contributed by atoms with Gasteiger partial charge in [-0.2, -0.15) is 4.98 Å². The number of halogens is 1. The number of hydrogen-bond acceptors (Lipinski definition) is 5. The van der Waals surface area contributed by atoms with E-state index in [4.69, 9.17) is 11.6 Å². The largest absolute Gasteiger partial charge is 0.340 e. The monoisotopic (exact) mass is 366 g/mol. The number of anilines is 4. The van der Waals surface area contributed by atoms with Crippen LogP contribution >= 0.6 is 11.6 Å². The van der Waals surface area contributed by atoms with E-state index in [1.807, 2.05) is 50.2 Å². The maximum atomic E-state index is 11.5. The van der Waals surface area contributed by atoms with Crippen molar-refractivity contribution in [3.63, 3.8) is 0 Å². The highest BCUT2D eigenvalue weighted by Crippen LogP contribution is 2.24. The highest BCUT2D eigenvalue weighted by Gasteiger charge is 2.06. The number of nitrogens with zero attached hydrogens (tertiary/aromatic N) is 2. The molecule has 0 fully saturated rings. The van der Waals surface area contributed by atoms with Crippen LogP contribution in [0.2, 0.25) is 5.02 Å². The van der Waals surface area contributed by atoms with E-state index in [1.54, 1.807) is 12.1 Å². The van der Waals surface area contributed by atoms with Crippen LogP contribution in [-0.4, -0.2) is 15.8 Å². The minimum Gasteiger partial charge on any atom is -0.340 e. The van der Waals surface area contributed by atoms with E-state index >= 15 is 0 Å². The first kappa shape index (κ1) is 17.9. The molecule has 0 aliphatic heterocycles. The lowest BCUT2D eigenvalue weighted by molar-refractivity contribution is 0.101. The quantitative estimate of drug-likeness (QED) is 0.589. The van der Waals surface area contributed by atoms with E-state index in [9.17, 15) is 4.79 Å². The number of carbonyl (C=O) groups is 1. The Bertz CT molecular complexity index is 972. The Kier molecular flexibility index (Phi) is 5.19. The molecule has 1 heterocycles. The molecule has 2 N–H and O–H groups in total. The Balaban J connectivity index is 1.84. The first-order valence-electron chi connectivity index (χ1n) is 8.17. The van der Waals surface area contributed by atoms with Crippen LogP contribution in [0.1, 0.15) is 28.5 Å². The predicted octanol–water partition coefficient (Wildman–Crippen LogP) is 5.44. The topological polar surface area (TPSA) is 66.9 Å². The van der Waals surface area contributed by atoms with Crippen molar-refractivity contribution in [3.8, 4) is 0 Å². The van der Waals surface area contributed by atoms with Crippen LogP contribution in [-0.2, 0) is 0 Å². The molecule has 3 rings (SSSR count). The second-order valence-corrected chi connectivity index (χ2v) is 6.48. The summed E-state index contributed by atoms with van der Waals surface area (Å²) >= 11 is 6.18. The van der Waals surface area contributed by atoms with Crippen LogP contribution in [0.5, 0.6) is 0 Å². The SMILES string of the molecule is CC(=O)c1cccc(Nc2nc(C)cc(Nc3ccc(C)c(Cl)c3)n2)c1. The number of carbonyl (C=O) groups excluding carboxylic acids is 1. The Morgan fingerprint density at radius 3 is 2.46 bits per heavy atom. The minimum atomic E-state index is 0.0115. The molecule has 0 saturated carbocycles. The van der Waals surface area contributed by atoms with Crippen LogP contribution in [0.15, 0.2) is 48.5 Å². The third-order valence-electron chi connectivity index (χ3n) is 3.82. The fourth-order valence-corrected chi connectivity index (χ4v) is 2.63. The molecule has 0 spiro atoms. The molecule has 0 radical (unpaired) electrons. The van der Waals surface area contributed by atoms with Crippen LogP contribution in [0.4, 0.5) is 23.1 Å². The standard InChI is InChI=1S/C20H19ClN4O/c1-12-7-8-17(11-18(12)21)23-19-9-13(2)22-20(25-19)24-16-6-4-5-15(10-16)14(3)26/h4-11H,1-3H3,(H2,22,23,24,25). The van der Waals surface area contributed by atoms with Gasteiger partial charge in [-0.3, -0.25) is 4.79 Å². The summed E-state index contributed by atoms with van der Waals surface area (Å²) in [5.74, 6) is 1.12. The molecule has 3 aromatic rings. The molecule has 2 aromatic carbocycles. The average molecular weight is 367 g/mol. The van der Waals surface area contributed by atoms with E-state index in [0.717, 1.165) is 22.6 Å². The van der Waals surface area contributed by atoms with Gasteiger partial charge in [0.05, 0.1) is 0 Å². The molecule has 6 heteroatoms. The summed E-state index contributed by atoms with van der Waals surface area (Å²) < 4.78 is 0.